The van der Waals surface area contributed by atoms with Crippen molar-refractivity contribution in [3.63, 3.8) is 0 Å². The van der Waals surface area contributed by atoms with E-state index in [2.05, 4.69) is 43.4 Å². The molecular formula is C14H23NO. The molecule has 1 aromatic rings. The largest absolute Gasteiger partial charge is 0.396 e. The second kappa shape index (κ2) is 6.66. The lowest BCUT2D eigenvalue weighted by Crippen LogP contribution is -2.29. The molecular weight excluding hydrogens is 198 g/mol. The molecule has 0 heterocycles. The lowest BCUT2D eigenvalue weighted by molar-refractivity contribution is 0.236. The van der Waals surface area contributed by atoms with Gasteiger partial charge in [0, 0.05) is 19.7 Å². The van der Waals surface area contributed by atoms with E-state index >= 15 is 0 Å². The first-order chi connectivity index (χ1) is 7.64. The van der Waals surface area contributed by atoms with E-state index in [9.17, 15) is 0 Å². The van der Waals surface area contributed by atoms with Crippen molar-refractivity contribution in [1.82, 2.24) is 5.32 Å². The standard InChI is InChI=1S/C14H23NO/c1-14(2,9-6-10-16)12-15-11-13-7-4-3-5-8-13/h3-5,7-8,15-16H,6,9-12H2,1-2H3. The van der Waals surface area contributed by atoms with Gasteiger partial charge in [-0.05, 0) is 23.8 Å². The summed E-state index contributed by atoms with van der Waals surface area (Å²) in [5.74, 6) is 0. The Morgan fingerprint density at radius 3 is 2.50 bits per heavy atom. The maximum Gasteiger partial charge on any atom is 0.0431 e. The summed E-state index contributed by atoms with van der Waals surface area (Å²) in [6, 6.07) is 10.4. The van der Waals surface area contributed by atoms with Crippen LogP contribution in [0.1, 0.15) is 32.3 Å². The molecule has 16 heavy (non-hydrogen) atoms. The fourth-order valence-corrected chi connectivity index (χ4v) is 1.79. The van der Waals surface area contributed by atoms with Crippen molar-refractivity contribution in [2.75, 3.05) is 13.2 Å². The molecule has 0 radical (unpaired) electrons. The van der Waals surface area contributed by atoms with Crippen LogP contribution in [0.3, 0.4) is 0 Å². The quantitative estimate of drug-likeness (QED) is 0.741. The molecule has 0 saturated carbocycles. The summed E-state index contributed by atoms with van der Waals surface area (Å²) in [5, 5.41) is 12.3. The molecule has 1 rings (SSSR count). The molecule has 0 aromatic heterocycles. The van der Waals surface area contributed by atoms with Crippen LogP contribution in [0.15, 0.2) is 30.3 Å². The van der Waals surface area contributed by atoms with Crippen LogP contribution >= 0.6 is 0 Å². The zero-order valence-corrected chi connectivity index (χ0v) is 10.4. The van der Waals surface area contributed by atoms with E-state index in [4.69, 9.17) is 5.11 Å². The molecule has 90 valence electrons. The molecule has 0 aliphatic rings. The van der Waals surface area contributed by atoms with Crippen LogP contribution < -0.4 is 5.32 Å². The summed E-state index contributed by atoms with van der Waals surface area (Å²) in [6.07, 6.45) is 1.95. The Kier molecular flexibility index (Phi) is 5.50. The monoisotopic (exact) mass is 221 g/mol. The van der Waals surface area contributed by atoms with E-state index in [0.29, 0.717) is 6.61 Å². The zero-order chi connectivity index (χ0) is 11.9. The number of hydrogen-bond donors (Lipinski definition) is 2. The molecule has 0 atom stereocenters. The molecule has 0 fully saturated rings. The Bertz CT molecular complexity index is 282. The first-order valence-electron chi connectivity index (χ1n) is 5.99. The molecule has 1 aromatic carbocycles. The summed E-state index contributed by atoms with van der Waals surface area (Å²) in [6.45, 7) is 6.68. The van der Waals surface area contributed by atoms with Gasteiger partial charge >= 0.3 is 0 Å². The Hall–Kier alpha value is -0.860. The lowest BCUT2D eigenvalue weighted by Gasteiger charge is -2.24. The summed E-state index contributed by atoms with van der Waals surface area (Å²) >= 11 is 0. The highest BCUT2D eigenvalue weighted by atomic mass is 16.2. The molecule has 0 amide bonds. The van der Waals surface area contributed by atoms with Crippen molar-refractivity contribution in [2.45, 2.75) is 33.2 Å². The van der Waals surface area contributed by atoms with Crippen LogP contribution in [0.5, 0.6) is 0 Å². The molecule has 0 bridgehead atoms. The predicted molar refractivity (Wildman–Crippen MR) is 68.2 cm³/mol. The number of rotatable bonds is 7. The minimum Gasteiger partial charge on any atom is -0.396 e. The van der Waals surface area contributed by atoms with Crippen LogP contribution in [-0.2, 0) is 6.54 Å². The number of nitrogens with one attached hydrogen (secondary N) is 1. The SMILES string of the molecule is CC(C)(CCCO)CNCc1ccccc1. The average molecular weight is 221 g/mol. The molecule has 0 aliphatic heterocycles. The minimum atomic E-state index is 0.261. The molecule has 0 aliphatic carbocycles. The first kappa shape index (κ1) is 13.2. The average Bonchev–Trinajstić information content (AvgIpc) is 2.28. The highest BCUT2D eigenvalue weighted by Gasteiger charge is 2.16. The van der Waals surface area contributed by atoms with E-state index in [1.807, 2.05) is 6.07 Å². The summed E-state index contributed by atoms with van der Waals surface area (Å²) in [5.41, 5.74) is 1.58. The van der Waals surface area contributed by atoms with Crippen LogP contribution in [0.2, 0.25) is 0 Å². The second-order valence-corrected chi connectivity index (χ2v) is 5.08. The van der Waals surface area contributed by atoms with Crippen molar-refractivity contribution in [3.8, 4) is 0 Å². The van der Waals surface area contributed by atoms with E-state index in [1.165, 1.54) is 5.56 Å². The summed E-state index contributed by atoms with van der Waals surface area (Å²) in [7, 11) is 0. The minimum absolute atomic E-state index is 0.261. The number of hydrogen-bond acceptors (Lipinski definition) is 2. The Labute approximate surface area is 98.7 Å². The van der Waals surface area contributed by atoms with Gasteiger partial charge in [-0.3, -0.25) is 0 Å². The maximum absolute atomic E-state index is 8.81. The Balaban J connectivity index is 2.24. The van der Waals surface area contributed by atoms with E-state index in [-0.39, 0.29) is 5.41 Å². The van der Waals surface area contributed by atoms with Gasteiger partial charge in [-0.1, -0.05) is 44.2 Å². The molecule has 2 N–H and O–H groups in total. The number of aliphatic hydroxyl groups is 1. The van der Waals surface area contributed by atoms with E-state index in [0.717, 1.165) is 25.9 Å². The highest BCUT2D eigenvalue weighted by molar-refractivity contribution is 5.14. The fraction of sp³-hybridized carbons (Fsp3) is 0.571. The fourth-order valence-electron chi connectivity index (χ4n) is 1.79. The first-order valence-corrected chi connectivity index (χ1v) is 5.99. The molecule has 0 spiro atoms. The van der Waals surface area contributed by atoms with E-state index in [1.54, 1.807) is 0 Å². The van der Waals surface area contributed by atoms with Crippen molar-refractivity contribution < 1.29 is 5.11 Å². The van der Waals surface area contributed by atoms with Gasteiger partial charge < -0.3 is 10.4 Å². The van der Waals surface area contributed by atoms with Gasteiger partial charge in [0.25, 0.3) is 0 Å². The van der Waals surface area contributed by atoms with Gasteiger partial charge in [-0.2, -0.15) is 0 Å². The molecule has 2 heteroatoms. The molecule has 2 nitrogen and oxygen atoms in total. The zero-order valence-electron chi connectivity index (χ0n) is 10.4. The van der Waals surface area contributed by atoms with Crippen molar-refractivity contribution >= 4 is 0 Å². The number of benzene rings is 1. The van der Waals surface area contributed by atoms with Crippen molar-refractivity contribution in [3.05, 3.63) is 35.9 Å². The third-order valence-electron chi connectivity index (χ3n) is 2.79. The van der Waals surface area contributed by atoms with E-state index < -0.39 is 0 Å². The number of aliphatic hydroxyl groups excluding tert-OH is 1. The highest BCUT2D eigenvalue weighted by Crippen LogP contribution is 2.20. The van der Waals surface area contributed by atoms with Crippen LogP contribution in [0, 0.1) is 5.41 Å². The van der Waals surface area contributed by atoms with Gasteiger partial charge in [0.1, 0.15) is 0 Å². The maximum atomic E-state index is 8.81. The Morgan fingerprint density at radius 2 is 1.88 bits per heavy atom. The summed E-state index contributed by atoms with van der Waals surface area (Å²) in [4.78, 5) is 0. The van der Waals surface area contributed by atoms with Crippen molar-refractivity contribution in [2.24, 2.45) is 5.41 Å². The van der Waals surface area contributed by atoms with Crippen LogP contribution in [-0.4, -0.2) is 18.3 Å². The Morgan fingerprint density at radius 1 is 1.19 bits per heavy atom. The van der Waals surface area contributed by atoms with Gasteiger partial charge in [0.15, 0.2) is 0 Å². The van der Waals surface area contributed by atoms with Gasteiger partial charge in [0.2, 0.25) is 0 Å². The third-order valence-corrected chi connectivity index (χ3v) is 2.79. The molecule has 0 saturated heterocycles. The van der Waals surface area contributed by atoms with Gasteiger partial charge in [0.05, 0.1) is 0 Å². The third kappa shape index (κ3) is 5.29. The van der Waals surface area contributed by atoms with Gasteiger partial charge in [-0.25, -0.2) is 0 Å². The molecule has 0 unspecified atom stereocenters. The topological polar surface area (TPSA) is 32.3 Å². The second-order valence-electron chi connectivity index (χ2n) is 5.08. The smallest absolute Gasteiger partial charge is 0.0431 e. The van der Waals surface area contributed by atoms with Crippen molar-refractivity contribution in [1.29, 1.82) is 0 Å². The summed E-state index contributed by atoms with van der Waals surface area (Å²) < 4.78 is 0. The van der Waals surface area contributed by atoms with Crippen LogP contribution in [0.25, 0.3) is 0 Å². The predicted octanol–water partition coefficient (Wildman–Crippen LogP) is 2.57. The van der Waals surface area contributed by atoms with Gasteiger partial charge in [-0.15, -0.1) is 0 Å². The lowest BCUT2D eigenvalue weighted by atomic mass is 9.88. The normalized spacial score (nSPS) is 11.7. The van der Waals surface area contributed by atoms with Crippen LogP contribution in [0.4, 0.5) is 0 Å².